The molecule has 8 nitrogen and oxygen atoms in total. The van der Waals surface area contributed by atoms with Gasteiger partial charge in [-0.25, -0.2) is 12.6 Å². The van der Waals surface area contributed by atoms with E-state index >= 15 is 0 Å². The number of sulfonamides is 1. The molecule has 0 aliphatic heterocycles. The van der Waals surface area contributed by atoms with Gasteiger partial charge in [-0.2, -0.15) is 0 Å². The number of nitrogens with zero attached hydrogens (tertiary/aromatic N) is 2. The summed E-state index contributed by atoms with van der Waals surface area (Å²) in [6.07, 6.45) is 2.08. The summed E-state index contributed by atoms with van der Waals surface area (Å²) in [7, 11) is -3.29. The minimum Gasteiger partial charge on any atom is -0.375 e. The van der Waals surface area contributed by atoms with Gasteiger partial charge in [0.25, 0.3) is 14.8 Å². The standard InChI is InChI=1S/C26H32N4O4S4/c1-6-18(2)13-14-29(3)19-9-11-22(27-37(5,32)25-8-7-15-35-25)23(16-19)28-38(33,34)20-10-12-24-21(17-20)26(31)36-30(24)4/h7-12,15-18,28H,5-6,13-14H2,1-4H3,(H,27,32). The molecule has 38 heavy (non-hydrogen) atoms. The molecule has 0 amide bonds. The topological polar surface area (TPSA) is 101 Å². The van der Waals surface area contributed by atoms with Crippen molar-refractivity contribution in [2.75, 3.05) is 27.9 Å². The lowest BCUT2D eigenvalue weighted by Gasteiger charge is -2.24. The first-order valence-electron chi connectivity index (χ1n) is 12.1. The van der Waals surface area contributed by atoms with E-state index in [1.54, 1.807) is 41.3 Å². The van der Waals surface area contributed by atoms with Crippen LogP contribution in [0.15, 0.2) is 67.8 Å². The number of benzene rings is 2. The smallest absolute Gasteiger partial charge is 0.261 e. The number of hydrogen-bond donors (Lipinski definition) is 2. The summed E-state index contributed by atoms with van der Waals surface area (Å²) in [5.74, 6) is 4.44. The Bertz CT molecular complexity index is 1710. The van der Waals surface area contributed by atoms with Crippen LogP contribution in [0, 0.1) is 5.92 Å². The van der Waals surface area contributed by atoms with Crippen molar-refractivity contribution < 1.29 is 12.6 Å². The van der Waals surface area contributed by atoms with E-state index in [0.717, 1.165) is 36.6 Å². The maximum Gasteiger partial charge on any atom is 0.261 e. The van der Waals surface area contributed by atoms with Gasteiger partial charge in [-0.15, -0.1) is 11.3 Å². The van der Waals surface area contributed by atoms with Crippen molar-refractivity contribution in [2.45, 2.75) is 35.8 Å². The van der Waals surface area contributed by atoms with E-state index in [4.69, 9.17) is 0 Å². The van der Waals surface area contributed by atoms with Crippen molar-refractivity contribution in [2.24, 2.45) is 13.0 Å². The highest BCUT2D eigenvalue weighted by Gasteiger charge is 2.21. The van der Waals surface area contributed by atoms with Gasteiger partial charge in [0.05, 0.1) is 36.9 Å². The fourth-order valence-corrected chi connectivity index (χ4v) is 8.07. The molecule has 0 aliphatic carbocycles. The highest BCUT2D eigenvalue weighted by Crippen LogP contribution is 2.33. The van der Waals surface area contributed by atoms with Gasteiger partial charge in [-0.3, -0.25) is 13.5 Å². The van der Waals surface area contributed by atoms with Crippen LogP contribution in [0.25, 0.3) is 10.9 Å². The molecule has 2 unspecified atom stereocenters. The molecule has 0 spiro atoms. The summed E-state index contributed by atoms with van der Waals surface area (Å²) in [6.45, 7) is 5.16. The Kier molecular flexibility index (Phi) is 8.26. The fraction of sp³-hybridized carbons (Fsp3) is 0.308. The van der Waals surface area contributed by atoms with Crippen LogP contribution >= 0.6 is 22.9 Å². The molecule has 0 bridgehead atoms. The molecule has 204 valence electrons. The third kappa shape index (κ3) is 6.09. The average Bonchev–Trinajstić information content (AvgIpc) is 3.52. The molecule has 12 heteroatoms. The highest BCUT2D eigenvalue weighted by atomic mass is 32.2. The molecule has 2 atom stereocenters. The predicted molar refractivity (Wildman–Crippen MR) is 163 cm³/mol. The lowest BCUT2D eigenvalue weighted by molar-refractivity contribution is 0.518. The van der Waals surface area contributed by atoms with Gasteiger partial charge >= 0.3 is 0 Å². The number of nitrogens with one attached hydrogen (secondary N) is 2. The van der Waals surface area contributed by atoms with E-state index in [1.165, 1.54) is 23.5 Å². The van der Waals surface area contributed by atoms with Crippen molar-refractivity contribution >= 4 is 76.4 Å². The van der Waals surface area contributed by atoms with Crippen LogP contribution in [0.3, 0.4) is 0 Å². The first-order chi connectivity index (χ1) is 17.9. The average molecular weight is 593 g/mol. The zero-order valence-corrected chi connectivity index (χ0v) is 25.0. The highest BCUT2D eigenvalue weighted by molar-refractivity contribution is 8.03. The lowest BCUT2D eigenvalue weighted by Crippen LogP contribution is -2.21. The minimum absolute atomic E-state index is 0.0319. The quantitative estimate of drug-likeness (QED) is 0.226. The SMILES string of the molecule is C=S(=O)(Nc1ccc(N(C)CCC(C)CC)cc1NS(=O)(=O)c1ccc2c(c1)c(=O)sn2C)c1cccs1. The van der Waals surface area contributed by atoms with Crippen LogP contribution in [-0.4, -0.2) is 36.0 Å². The van der Waals surface area contributed by atoms with Crippen LogP contribution in [0.5, 0.6) is 0 Å². The number of anilines is 3. The van der Waals surface area contributed by atoms with Gasteiger partial charge in [-0.05, 0) is 77.6 Å². The Labute approximate surface area is 232 Å². The molecular weight excluding hydrogens is 561 g/mol. The lowest BCUT2D eigenvalue weighted by atomic mass is 10.1. The summed E-state index contributed by atoms with van der Waals surface area (Å²) < 4.78 is 48.1. The summed E-state index contributed by atoms with van der Waals surface area (Å²) >= 11 is 2.33. The molecule has 0 radical (unpaired) electrons. The van der Waals surface area contributed by atoms with E-state index in [1.807, 2.05) is 18.5 Å². The molecule has 0 saturated carbocycles. The molecule has 0 fully saturated rings. The Hall–Kier alpha value is -2.80. The van der Waals surface area contributed by atoms with Gasteiger partial charge in [0.1, 0.15) is 4.21 Å². The summed E-state index contributed by atoms with van der Waals surface area (Å²) in [5.41, 5.74) is 2.06. The van der Waals surface area contributed by atoms with E-state index in [0.29, 0.717) is 26.7 Å². The Balaban J connectivity index is 1.72. The number of fused-ring (bicyclic) bond motifs is 1. The van der Waals surface area contributed by atoms with Crippen LogP contribution in [0.1, 0.15) is 26.7 Å². The fourth-order valence-electron chi connectivity index (χ4n) is 3.92. The van der Waals surface area contributed by atoms with Gasteiger partial charge < -0.3 is 9.62 Å². The molecule has 2 heterocycles. The first-order valence-corrected chi connectivity index (χ1v) is 16.9. The Morgan fingerprint density at radius 1 is 1.08 bits per heavy atom. The second-order valence-electron chi connectivity index (χ2n) is 9.32. The maximum atomic E-state index is 13.5. The van der Waals surface area contributed by atoms with Crippen molar-refractivity contribution in [1.82, 2.24) is 3.96 Å². The van der Waals surface area contributed by atoms with Crippen molar-refractivity contribution in [3.05, 3.63) is 63.4 Å². The van der Waals surface area contributed by atoms with Crippen LogP contribution in [0.4, 0.5) is 17.1 Å². The van der Waals surface area contributed by atoms with Gasteiger partial charge in [0.15, 0.2) is 0 Å². The first kappa shape index (κ1) is 28.2. The van der Waals surface area contributed by atoms with Gasteiger partial charge in [0.2, 0.25) is 0 Å². The molecule has 4 aromatic rings. The Morgan fingerprint density at radius 2 is 1.84 bits per heavy atom. The van der Waals surface area contributed by atoms with Crippen LogP contribution in [-0.2, 0) is 26.8 Å². The molecule has 2 aromatic carbocycles. The van der Waals surface area contributed by atoms with E-state index in [9.17, 15) is 17.4 Å². The van der Waals surface area contributed by atoms with Crippen LogP contribution < -0.4 is 19.1 Å². The van der Waals surface area contributed by atoms with E-state index < -0.39 is 19.7 Å². The molecule has 4 rings (SSSR count). The molecular formula is C26H32N4O4S4. The second kappa shape index (κ2) is 11.1. The van der Waals surface area contributed by atoms with E-state index in [-0.39, 0.29) is 15.3 Å². The number of aryl methyl sites for hydroxylation is 1. The zero-order valence-electron chi connectivity index (χ0n) is 21.8. The third-order valence-corrected chi connectivity index (χ3v) is 11.8. The Morgan fingerprint density at radius 3 is 2.53 bits per heavy atom. The van der Waals surface area contributed by atoms with Crippen molar-refractivity contribution in [3.63, 3.8) is 0 Å². The number of thiophene rings is 1. The van der Waals surface area contributed by atoms with Crippen molar-refractivity contribution in [1.29, 1.82) is 0 Å². The van der Waals surface area contributed by atoms with Gasteiger partial charge in [-0.1, -0.05) is 26.3 Å². The van der Waals surface area contributed by atoms with Crippen LogP contribution in [0.2, 0.25) is 0 Å². The molecule has 0 aliphatic rings. The largest absolute Gasteiger partial charge is 0.375 e. The number of rotatable bonds is 11. The third-order valence-electron chi connectivity index (χ3n) is 6.49. The number of aromatic nitrogens is 1. The summed E-state index contributed by atoms with van der Waals surface area (Å²) in [5, 5.41) is 2.15. The monoisotopic (exact) mass is 592 g/mol. The molecule has 2 aromatic heterocycles. The normalized spacial score (nSPS) is 14.2. The van der Waals surface area contributed by atoms with Gasteiger partial charge in [0, 0.05) is 26.3 Å². The van der Waals surface area contributed by atoms with Crippen molar-refractivity contribution in [3.8, 4) is 0 Å². The minimum atomic E-state index is -4.08. The zero-order chi connectivity index (χ0) is 27.7. The van der Waals surface area contributed by atoms with E-state index in [2.05, 4.69) is 34.1 Å². The summed E-state index contributed by atoms with van der Waals surface area (Å²) in [6, 6.07) is 13.3. The summed E-state index contributed by atoms with van der Waals surface area (Å²) in [4.78, 5) is 14.4. The maximum absolute atomic E-state index is 13.5. The molecule has 0 saturated heterocycles. The predicted octanol–water partition coefficient (Wildman–Crippen LogP) is 5.44. The molecule has 2 N–H and O–H groups in total. The number of hydrogen-bond acceptors (Lipinski definition) is 7. The second-order valence-corrected chi connectivity index (χ2v) is 15.3.